The topological polar surface area (TPSA) is 58.4 Å². The molecule has 1 aromatic heterocycles. The monoisotopic (exact) mass is 482 g/mol. The number of halogens is 4. The van der Waals surface area contributed by atoms with Crippen molar-refractivity contribution in [2.75, 3.05) is 26.2 Å². The van der Waals surface area contributed by atoms with E-state index in [-0.39, 0.29) is 29.3 Å². The molecule has 0 atom stereocenters. The number of rotatable bonds is 3. The fourth-order valence-corrected chi connectivity index (χ4v) is 5.20. The average molecular weight is 483 g/mol. The van der Waals surface area contributed by atoms with Crippen LogP contribution in [0, 0.1) is 12.3 Å². The van der Waals surface area contributed by atoms with E-state index < -0.39 is 11.7 Å². The number of carbonyl (C=O) groups is 2. The van der Waals surface area contributed by atoms with Gasteiger partial charge in [0.15, 0.2) is 5.78 Å². The van der Waals surface area contributed by atoms with Gasteiger partial charge < -0.3 is 4.90 Å². The molecule has 0 saturated carbocycles. The molecular formula is C23H26ClF3N4O2. The number of nitrogens with zero attached hydrogens (tertiary/aromatic N) is 4. The lowest BCUT2D eigenvalue weighted by Gasteiger charge is -2.39. The number of carbonyl (C=O) groups excluding carboxylic acids is 2. The third kappa shape index (κ3) is 4.94. The predicted octanol–water partition coefficient (Wildman–Crippen LogP) is 5.02. The van der Waals surface area contributed by atoms with E-state index in [4.69, 9.17) is 11.6 Å². The Hall–Kier alpha value is -2.39. The molecule has 2 saturated heterocycles. The van der Waals surface area contributed by atoms with Crippen molar-refractivity contribution in [3.05, 3.63) is 51.8 Å². The maximum atomic E-state index is 13.4. The quantitative estimate of drug-likeness (QED) is 0.576. The van der Waals surface area contributed by atoms with Crippen molar-refractivity contribution in [2.45, 2.75) is 45.8 Å². The van der Waals surface area contributed by atoms with E-state index in [0.29, 0.717) is 42.5 Å². The highest BCUT2D eigenvalue weighted by Gasteiger charge is 2.42. The highest BCUT2D eigenvalue weighted by atomic mass is 35.5. The molecule has 1 spiro atoms. The number of benzene rings is 1. The van der Waals surface area contributed by atoms with Gasteiger partial charge in [0.25, 0.3) is 0 Å². The normalized spacial score (nSPS) is 18.8. The van der Waals surface area contributed by atoms with Gasteiger partial charge in [0.2, 0.25) is 0 Å². The second kappa shape index (κ2) is 8.76. The number of hydrogen-bond donors (Lipinski definition) is 0. The molecule has 1 aromatic carbocycles. The first-order chi connectivity index (χ1) is 15.5. The standard InChI is InChI=1S/C23H26ClF3N4O2/c1-15-12-31(28-20(15)16(2)32)21(33)30-9-6-22(7-10-30)5-8-29(14-22)13-17-11-18(24)3-4-19(17)23(25,26)27/h3-4,11-12H,5-10,13-14H2,1-2H3. The molecule has 0 bridgehead atoms. The van der Waals surface area contributed by atoms with Crippen LogP contribution in [-0.2, 0) is 12.7 Å². The average Bonchev–Trinajstić information content (AvgIpc) is 3.31. The number of aryl methyl sites for hydroxylation is 1. The van der Waals surface area contributed by atoms with Crippen molar-refractivity contribution in [1.29, 1.82) is 0 Å². The summed E-state index contributed by atoms with van der Waals surface area (Å²) in [4.78, 5) is 28.3. The third-order valence-corrected chi connectivity index (χ3v) is 7.04. The summed E-state index contributed by atoms with van der Waals surface area (Å²) < 4.78 is 41.4. The molecule has 2 aliphatic heterocycles. The fraction of sp³-hybridized carbons (Fsp3) is 0.522. The maximum Gasteiger partial charge on any atom is 0.416 e. The smallest absolute Gasteiger partial charge is 0.323 e. The van der Waals surface area contributed by atoms with Crippen LogP contribution in [0.3, 0.4) is 0 Å². The van der Waals surface area contributed by atoms with Gasteiger partial charge in [-0.25, -0.2) is 4.79 Å². The lowest BCUT2D eigenvalue weighted by atomic mass is 9.78. The van der Waals surface area contributed by atoms with E-state index in [0.717, 1.165) is 25.3 Å². The second-order valence-corrected chi connectivity index (χ2v) is 9.63. The fourth-order valence-electron chi connectivity index (χ4n) is 5.00. The van der Waals surface area contributed by atoms with Gasteiger partial charge in [0.1, 0.15) is 5.69 Å². The molecule has 1 amide bonds. The van der Waals surface area contributed by atoms with Crippen LogP contribution in [0.4, 0.5) is 18.0 Å². The number of aromatic nitrogens is 2. The summed E-state index contributed by atoms with van der Waals surface area (Å²) in [5.41, 5.74) is 0.485. The largest absolute Gasteiger partial charge is 0.416 e. The van der Waals surface area contributed by atoms with E-state index in [1.165, 1.54) is 23.7 Å². The Balaban J connectivity index is 1.39. The molecular weight excluding hydrogens is 457 g/mol. The molecule has 33 heavy (non-hydrogen) atoms. The van der Waals surface area contributed by atoms with E-state index in [1.807, 2.05) is 4.90 Å². The minimum absolute atomic E-state index is 0.0155. The van der Waals surface area contributed by atoms with Crippen molar-refractivity contribution in [3.63, 3.8) is 0 Å². The number of hydrogen-bond acceptors (Lipinski definition) is 4. The molecule has 0 unspecified atom stereocenters. The summed E-state index contributed by atoms with van der Waals surface area (Å²) in [6, 6.07) is 3.45. The van der Waals surface area contributed by atoms with Gasteiger partial charge in [-0.2, -0.15) is 23.0 Å². The number of piperidine rings is 1. The first-order valence-electron chi connectivity index (χ1n) is 10.9. The number of amides is 1. The number of likely N-dealkylation sites (tertiary alicyclic amines) is 2. The molecule has 2 aliphatic rings. The van der Waals surface area contributed by atoms with Crippen LogP contribution in [0.1, 0.15) is 53.4 Å². The zero-order chi connectivity index (χ0) is 24.0. The molecule has 0 aliphatic carbocycles. The molecule has 4 rings (SSSR count). The van der Waals surface area contributed by atoms with Crippen molar-refractivity contribution >= 4 is 23.4 Å². The zero-order valence-corrected chi connectivity index (χ0v) is 19.3. The third-order valence-electron chi connectivity index (χ3n) is 6.81. The maximum absolute atomic E-state index is 13.4. The van der Waals surface area contributed by atoms with Crippen LogP contribution >= 0.6 is 11.6 Å². The van der Waals surface area contributed by atoms with Crippen molar-refractivity contribution in [1.82, 2.24) is 19.6 Å². The molecule has 3 heterocycles. The molecule has 2 aromatic rings. The van der Waals surface area contributed by atoms with Crippen LogP contribution in [0.2, 0.25) is 5.02 Å². The Labute approximate surface area is 195 Å². The first-order valence-corrected chi connectivity index (χ1v) is 11.3. The summed E-state index contributed by atoms with van der Waals surface area (Å²) in [7, 11) is 0. The molecule has 178 valence electrons. The van der Waals surface area contributed by atoms with Crippen LogP contribution in [0.15, 0.2) is 24.4 Å². The highest BCUT2D eigenvalue weighted by molar-refractivity contribution is 6.30. The Kier molecular flexibility index (Phi) is 6.30. The highest BCUT2D eigenvalue weighted by Crippen LogP contribution is 2.42. The van der Waals surface area contributed by atoms with E-state index >= 15 is 0 Å². The Morgan fingerprint density at radius 3 is 2.42 bits per heavy atom. The first kappa shape index (κ1) is 23.8. The van der Waals surface area contributed by atoms with Crippen LogP contribution in [0.5, 0.6) is 0 Å². The number of Topliss-reactive ketones (excluding diaryl/α,β-unsaturated/α-hetero) is 1. The van der Waals surface area contributed by atoms with Gasteiger partial charge >= 0.3 is 12.2 Å². The molecule has 6 nitrogen and oxygen atoms in total. The predicted molar refractivity (Wildman–Crippen MR) is 117 cm³/mol. The lowest BCUT2D eigenvalue weighted by Crippen LogP contribution is -2.45. The zero-order valence-electron chi connectivity index (χ0n) is 18.6. The van der Waals surface area contributed by atoms with Gasteiger partial charge in [-0.1, -0.05) is 11.6 Å². The summed E-state index contributed by atoms with van der Waals surface area (Å²) in [6.07, 6.45) is -0.417. The summed E-state index contributed by atoms with van der Waals surface area (Å²) >= 11 is 5.97. The Morgan fingerprint density at radius 1 is 1.15 bits per heavy atom. The number of alkyl halides is 3. The minimum Gasteiger partial charge on any atom is -0.323 e. The van der Waals surface area contributed by atoms with Gasteiger partial charge in [-0.15, -0.1) is 0 Å². The summed E-state index contributed by atoms with van der Waals surface area (Å²) in [5, 5.41) is 4.42. The van der Waals surface area contributed by atoms with Crippen LogP contribution in [-0.4, -0.2) is 57.6 Å². The second-order valence-electron chi connectivity index (χ2n) is 9.19. The molecule has 0 N–H and O–H groups in total. The molecule has 0 radical (unpaired) electrons. The van der Waals surface area contributed by atoms with E-state index in [1.54, 1.807) is 18.0 Å². The van der Waals surface area contributed by atoms with Gasteiger partial charge in [-0.3, -0.25) is 9.69 Å². The van der Waals surface area contributed by atoms with Crippen LogP contribution in [0.25, 0.3) is 0 Å². The van der Waals surface area contributed by atoms with E-state index in [2.05, 4.69) is 5.10 Å². The van der Waals surface area contributed by atoms with Gasteiger partial charge in [0, 0.05) is 44.3 Å². The molecule has 2 fully saturated rings. The van der Waals surface area contributed by atoms with E-state index in [9.17, 15) is 22.8 Å². The summed E-state index contributed by atoms with van der Waals surface area (Å²) in [5.74, 6) is -0.184. The number of ketones is 1. The van der Waals surface area contributed by atoms with Crippen molar-refractivity contribution in [2.24, 2.45) is 5.41 Å². The molecule has 10 heteroatoms. The van der Waals surface area contributed by atoms with Crippen molar-refractivity contribution < 1.29 is 22.8 Å². The summed E-state index contributed by atoms with van der Waals surface area (Å²) in [6.45, 7) is 5.85. The Bertz CT molecular complexity index is 1070. The SMILES string of the molecule is CC(=O)c1nn(C(=O)N2CCC3(CCN(Cc4cc(Cl)ccc4C(F)(F)F)C3)CC2)cc1C. The van der Waals surface area contributed by atoms with Crippen molar-refractivity contribution in [3.8, 4) is 0 Å². The van der Waals surface area contributed by atoms with Gasteiger partial charge in [-0.05, 0) is 67.5 Å². The lowest BCUT2D eigenvalue weighted by molar-refractivity contribution is -0.138. The Morgan fingerprint density at radius 2 is 1.82 bits per heavy atom. The van der Waals surface area contributed by atoms with Crippen LogP contribution < -0.4 is 0 Å². The minimum atomic E-state index is -4.42. The van der Waals surface area contributed by atoms with Gasteiger partial charge in [0.05, 0.1) is 5.56 Å².